The predicted molar refractivity (Wildman–Crippen MR) is 37.5 cm³/mol. The smallest absolute Gasteiger partial charge is 0.355 e. The normalized spacial score (nSPS) is 11.1. The van der Waals surface area contributed by atoms with E-state index < -0.39 is 23.6 Å². The molecule has 0 fully saturated rings. The summed E-state index contributed by atoms with van der Waals surface area (Å²) in [5.74, 6) is -2.24. The summed E-state index contributed by atoms with van der Waals surface area (Å²) in [4.78, 5) is 21.1. The Morgan fingerprint density at radius 1 is 1.67 bits per heavy atom. The van der Waals surface area contributed by atoms with Crippen molar-refractivity contribution in [3.8, 4) is 6.07 Å². The van der Waals surface area contributed by atoms with Crippen molar-refractivity contribution in [1.82, 2.24) is 0 Å². The third kappa shape index (κ3) is 2.94. The maximum Gasteiger partial charge on any atom is 0.355 e. The second-order valence-electron chi connectivity index (χ2n) is 1.97. The first-order valence-corrected chi connectivity index (χ1v) is 3.02. The number of nitrogens with zero attached hydrogens (tertiary/aromatic N) is 1. The SMILES string of the molecule is C=C(C#N)C(=O)OC(=O)C(C)O. The average molecular weight is 169 g/mol. The molecular weight excluding hydrogens is 162 g/mol. The zero-order chi connectivity index (χ0) is 9.72. The first kappa shape index (κ1) is 10.3. The van der Waals surface area contributed by atoms with Crippen LogP contribution in [0.2, 0.25) is 0 Å². The molecule has 0 aliphatic rings. The minimum Gasteiger partial charge on any atom is -0.387 e. The van der Waals surface area contributed by atoms with Crippen LogP contribution in [0.5, 0.6) is 0 Å². The topological polar surface area (TPSA) is 87.4 Å². The number of esters is 2. The Morgan fingerprint density at radius 2 is 2.17 bits per heavy atom. The third-order valence-corrected chi connectivity index (χ3v) is 0.916. The summed E-state index contributed by atoms with van der Waals surface area (Å²) in [6, 6.07) is 1.41. The van der Waals surface area contributed by atoms with Crippen molar-refractivity contribution < 1.29 is 19.4 Å². The molecule has 0 aromatic carbocycles. The molecule has 64 valence electrons. The molecule has 0 heterocycles. The van der Waals surface area contributed by atoms with Crippen LogP contribution in [-0.4, -0.2) is 23.1 Å². The van der Waals surface area contributed by atoms with Crippen LogP contribution in [-0.2, 0) is 14.3 Å². The molecule has 0 saturated heterocycles. The number of carbonyl (C=O) groups is 2. The standard InChI is InChI=1S/C7H7NO4/c1-4(3-8)6(10)12-7(11)5(2)9/h5,9H,1H2,2H3. The largest absolute Gasteiger partial charge is 0.387 e. The van der Waals surface area contributed by atoms with Crippen LogP contribution in [0.1, 0.15) is 6.92 Å². The van der Waals surface area contributed by atoms with E-state index in [1.807, 2.05) is 0 Å². The Kier molecular flexibility index (Phi) is 3.67. The first-order valence-electron chi connectivity index (χ1n) is 3.02. The predicted octanol–water partition coefficient (Wildman–Crippen LogP) is -0.483. The molecule has 1 N–H and O–H groups in total. The van der Waals surface area contributed by atoms with Crippen molar-refractivity contribution in [1.29, 1.82) is 5.26 Å². The number of carbonyl (C=O) groups excluding carboxylic acids is 2. The molecule has 1 unspecified atom stereocenters. The average Bonchev–Trinajstić information content (AvgIpc) is 2.02. The Labute approximate surface area is 68.9 Å². The number of hydrogen-bond donors (Lipinski definition) is 1. The molecule has 12 heavy (non-hydrogen) atoms. The van der Waals surface area contributed by atoms with Gasteiger partial charge in [0.15, 0.2) is 0 Å². The molecule has 5 nitrogen and oxygen atoms in total. The van der Waals surface area contributed by atoms with E-state index in [1.54, 1.807) is 0 Å². The van der Waals surface area contributed by atoms with Gasteiger partial charge in [-0.3, -0.25) is 0 Å². The lowest BCUT2D eigenvalue weighted by molar-refractivity contribution is -0.162. The van der Waals surface area contributed by atoms with Crippen LogP contribution in [0.4, 0.5) is 0 Å². The lowest BCUT2D eigenvalue weighted by atomic mass is 10.3. The highest BCUT2D eigenvalue weighted by molar-refractivity contribution is 5.99. The maximum atomic E-state index is 10.6. The van der Waals surface area contributed by atoms with E-state index in [0.717, 1.165) is 6.92 Å². The molecule has 0 aromatic rings. The first-order chi connectivity index (χ1) is 5.49. The number of nitriles is 1. The second-order valence-corrected chi connectivity index (χ2v) is 1.97. The quantitative estimate of drug-likeness (QED) is 0.261. The van der Waals surface area contributed by atoms with Crippen LogP contribution in [0.15, 0.2) is 12.2 Å². The molecule has 0 radical (unpaired) electrons. The highest BCUT2D eigenvalue weighted by Gasteiger charge is 2.17. The zero-order valence-corrected chi connectivity index (χ0v) is 6.40. The number of hydrogen-bond acceptors (Lipinski definition) is 5. The summed E-state index contributed by atoms with van der Waals surface area (Å²) in [6.45, 7) is 4.16. The Hall–Kier alpha value is -1.67. The highest BCUT2D eigenvalue weighted by Crippen LogP contribution is 1.95. The van der Waals surface area contributed by atoms with Crippen molar-refractivity contribution in [2.45, 2.75) is 13.0 Å². The van der Waals surface area contributed by atoms with Crippen molar-refractivity contribution in [3.05, 3.63) is 12.2 Å². The molecule has 0 saturated carbocycles. The Balaban J connectivity index is 4.13. The van der Waals surface area contributed by atoms with Crippen LogP contribution in [0, 0.1) is 11.3 Å². The van der Waals surface area contributed by atoms with Crippen LogP contribution in [0.25, 0.3) is 0 Å². The summed E-state index contributed by atoms with van der Waals surface area (Å²) < 4.78 is 4.01. The fourth-order valence-electron chi connectivity index (χ4n) is 0.284. The van der Waals surface area contributed by atoms with Gasteiger partial charge in [-0.05, 0) is 6.92 Å². The van der Waals surface area contributed by atoms with Crippen LogP contribution < -0.4 is 0 Å². The van der Waals surface area contributed by atoms with Crippen LogP contribution in [0.3, 0.4) is 0 Å². The number of rotatable bonds is 2. The van der Waals surface area contributed by atoms with Crippen molar-refractivity contribution >= 4 is 11.9 Å². The van der Waals surface area contributed by atoms with E-state index in [9.17, 15) is 9.59 Å². The van der Waals surface area contributed by atoms with Gasteiger partial charge in [0, 0.05) is 0 Å². The van der Waals surface area contributed by atoms with Gasteiger partial charge in [-0.25, -0.2) is 9.59 Å². The van der Waals surface area contributed by atoms with Gasteiger partial charge in [0.1, 0.15) is 17.7 Å². The molecular formula is C7H7NO4. The van der Waals surface area contributed by atoms with Gasteiger partial charge >= 0.3 is 11.9 Å². The van der Waals surface area contributed by atoms with Gasteiger partial charge in [0.2, 0.25) is 0 Å². The highest BCUT2D eigenvalue weighted by atomic mass is 16.6. The van der Waals surface area contributed by atoms with Crippen molar-refractivity contribution in [2.24, 2.45) is 0 Å². The summed E-state index contributed by atoms with van der Waals surface area (Å²) >= 11 is 0. The van der Waals surface area contributed by atoms with Gasteiger partial charge in [-0.2, -0.15) is 5.26 Å². The summed E-state index contributed by atoms with van der Waals surface area (Å²) in [5, 5.41) is 16.7. The van der Waals surface area contributed by atoms with Crippen molar-refractivity contribution in [2.75, 3.05) is 0 Å². The van der Waals surface area contributed by atoms with Crippen LogP contribution >= 0.6 is 0 Å². The summed E-state index contributed by atoms with van der Waals surface area (Å²) in [6.07, 6.45) is -1.39. The molecule has 0 aliphatic carbocycles. The van der Waals surface area contributed by atoms with E-state index >= 15 is 0 Å². The van der Waals surface area contributed by atoms with E-state index in [-0.39, 0.29) is 0 Å². The van der Waals surface area contributed by atoms with E-state index in [0.29, 0.717) is 0 Å². The molecule has 5 heteroatoms. The zero-order valence-electron chi connectivity index (χ0n) is 6.40. The fourth-order valence-corrected chi connectivity index (χ4v) is 0.284. The van der Waals surface area contributed by atoms with Gasteiger partial charge < -0.3 is 9.84 Å². The minimum absolute atomic E-state index is 0.482. The lowest BCUT2D eigenvalue weighted by Gasteiger charge is -2.01. The fraction of sp³-hybridized carbons (Fsp3) is 0.286. The van der Waals surface area contributed by atoms with Gasteiger partial charge in [0.25, 0.3) is 0 Å². The Bertz CT molecular complexity index is 261. The molecule has 0 aliphatic heterocycles. The lowest BCUT2D eigenvalue weighted by Crippen LogP contribution is -2.23. The van der Waals surface area contributed by atoms with E-state index in [4.69, 9.17) is 10.4 Å². The molecule has 0 bridgehead atoms. The number of aliphatic hydroxyl groups excluding tert-OH is 1. The Morgan fingerprint density at radius 3 is 2.50 bits per heavy atom. The summed E-state index contributed by atoms with van der Waals surface area (Å²) in [7, 11) is 0. The summed E-state index contributed by atoms with van der Waals surface area (Å²) in [5.41, 5.74) is -0.482. The molecule has 1 atom stereocenters. The number of aliphatic hydroxyl groups is 1. The molecule has 0 spiro atoms. The monoisotopic (exact) mass is 169 g/mol. The molecule has 0 aromatic heterocycles. The van der Waals surface area contributed by atoms with Gasteiger partial charge in [-0.15, -0.1) is 0 Å². The van der Waals surface area contributed by atoms with Gasteiger partial charge in [0.05, 0.1) is 0 Å². The molecule has 0 rings (SSSR count). The maximum absolute atomic E-state index is 10.6. The van der Waals surface area contributed by atoms with Gasteiger partial charge in [-0.1, -0.05) is 6.58 Å². The minimum atomic E-state index is -1.39. The molecule has 0 amide bonds. The van der Waals surface area contributed by atoms with Crippen molar-refractivity contribution in [3.63, 3.8) is 0 Å². The van der Waals surface area contributed by atoms with E-state index in [1.165, 1.54) is 6.07 Å². The second kappa shape index (κ2) is 4.26. The number of ether oxygens (including phenoxy) is 1. The van der Waals surface area contributed by atoms with E-state index in [2.05, 4.69) is 11.3 Å². The third-order valence-electron chi connectivity index (χ3n) is 0.916.